The Kier molecular flexibility index (Phi) is 22.1. The van der Waals surface area contributed by atoms with Crippen molar-refractivity contribution in [3.8, 4) is 11.5 Å². The molecule has 1 N–H and O–H groups in total. The SMILES string of the molecule is [C-]#[N+]CCOP(OCCOC1C(COC(=O)c2ccccc2)OC(OCCOC(c2ccccc2)(c2ccc(OC)cc2)c2ccc(OC)cc2)C(NC(=O)C(F)(F)F)C1OC(=O)c1ccccc1)N(C(C)C)C(C)C. The summed E-state index contributed by atoms with van der Waals surface area (Å²) < 4.78 is 106. The number of alkyl halides is 3. The van der Waals surface area contributed by atoms with Crippen molar-refractivity contribution in [3.63, 3.8) is 0 Å². The van der Waals surface area contributed by atoms with Crippen LogP contribution in [0.3, 0.4) is 0 Å². The van der Waals surface area contributed by atoms with Gasteiger partial charge in [0.05, 0.1) is 51.8 Å². The van der Waals surface area contributed by atoms with Gasteiger partial charge >= 0.3 is 24.0 Å². The van der Waals surface area contributed by atoms with Crippen molar-refractivity contribution in [1.82, 2.24) is 9.99 Å². The number of methoxy groups -OCH3 is 2. The lowest BCUT2D eigenvalue weighted by Crippen LogP contribution is -2.67. The minimum atomic E-state index is -5.43. The predicted molar refractivity (Wildman–Crippen MR) is 275 cm³/mol. The molecule has 0 aromatic heterocycles. The van der Waals surface area contributed by atoms with E-state index in [0.29, 0.717) is 28.2 Å². The average molecular weight is 1070 g/mol. The monoisotopic (exact) mass is 1070 g/mol. The second-order valence-electron chi connectivity index (χ2n) is 17.7. The number of hydrogen-bond acceptors (Lipinski definition) is 14. The number of carbonyl (C=O) groups is 3. The molecule has 1 aliphatic rings. The Balaban J connectivity index is 1.38. The molecule has 0 aliphatic carbocycles. The number of ether oxygens (including phenoxy) is 8. The summed E-state index contributed by atoms with van der Waals surface area (Å²) in [5.41, 5.74) is 0.916. The van der Waals surface area contributed by atoms with Gasteiger partial charge in [0.15, 0.2) is 12.4 Å². The highest BCUT2D eigenvalue weighted by molar-refractivity contribution is 7.44. The Labute approximate surface area is 442 Å². The van der Waals surface area contributed by atoms with Crippen molar-refractivity contribution in [3.05, 3.63) is 179 Å². The summed E-state index contributed by atoms with van der Waals surface area (Å²) in [5, 5.41) is 1.97. The molecular weight excluding hydrogens is 1010 g/mol. The van der Waals surface area contributed by atoms with Crippen LogP contribution in [0.5, 0.6) is 11.5 Å². The first-order valence-corrected chi connectivity index (χ1v) is 25.6. The smallest absolute Gasteiger partial charge is 0.471 e. The van der Waals surface area contributed by atoms with Crippen LogP contribution in [-0.4, -0.2) is 132 Å². The van der Waals surface area contributed by atoms with Crippen LogP contribution in [0.2, 0.25) is 0 Å². The van der Waals surface area contributed by atoms with Gasteiger partial charge in [0.25, 0.3) is 8.53 Å². The number of esters is 2. The first-order chi connectivity index (χ1) is 36.6. The summed E-state index contributed by atoms with van der Waals surface area (Å²) in [6.45, 7) is 13.5. The van der Waals surface area contributed by atoms with Gasteiger partial charge in [-0.2, -0.15) is 13.2 Å². The highest BCUT2D eigenvalue weighted by Gasteiger charge is 2.53. The molecule has 406 valence electrons. The van der Waals surface area contributed by atoms with Crippen molar-refractivity contribution in [1.29, 1.82) is 0 Å². The molecule has 16 nitrogen and oxygen atoms in total. The van der Waals surface area contributed by atoms with E-state index in [1.54, 1.807) is 74.9 Å². The average Bonchev–Trinajstić information content (AvgIpc) is 3.42. The van der Waals surface area contributed by atoms with Gasteiger partial charge in [-0.15, -0.1) is 0 Å². The van der Waals surface area contributed by atoms with E-state index in [1.165, 1.54) is 24.3 Å². The fourth-order valence-corrected chi connectivity index (χ4v) is 10.1. The maximum absolute atomic E-state index is 14.4. The summed E-state index contributed by atoms with van der Waals surface area (Å²) in [5.74, 6) is -2.99. The quantitative estimate of drug-likeness (QED) is 0.0174. The van der Waals surface area contributed by atoms with Gasteiger partial charge in [0, 0.05) is 12.1 Å². The van der Waals surface area contributed by atoms with Gasteiger partial charge in [-0.3, -0.25) is 4.79 Å². The second kappa shape index (κ2) is 28.6. The normalized spacial score (nSPS) is 18.2. The molecule has 0 spiro atoms. The third kappa shape index (κ3) is 15.6. The molecule has 0 bridgehead atoms. The molecule has 1 fully saturated rings. The van der Waals surface area contributed by atoms with Gasteiger partial charge in [0.1, 0.15) is 48.6 Å². The fraction of sp³-hybridized carbons (Fsp3) is 0.393. The molecule has 1 amide bonds. The lowest BCUT2D eigenvalue weighted by Gasteiger charge is -2.45. The van der Waals surface area contributed by atoms with Crippen LogP contribution in [-0.2, 0) is 47.9 Å². The highest BCUT2D eigenvalue weighted by atomic mass is 31.2. The molecule has 1 aliphatic heterocycles. The molecule has 6 unspecified atom stereocenters. The van der Waals surface area contributed by atoms with E-state index in [2.05, 4.69) is 4.85 Å². The number of nitrogens with one attached hydrogen (secondary N) is 1. The van der Waals surface area contributed by atoms with Gasteiger partial charge in [-0.05, 0) is 92.9 Å². The van der Waals surface area contributed by atoms with Crippen LogP contribution in [0, 0.1) is 6.57 Å². The summed E-state index contributed by atoms with van der Waals surface area (Å²) in [6.07, 6.45) is -12.0. The molecule has 6 rings (SSSR count). The number of amides is 1. The van der Waals surface area contributed by atoms with Crippen LogP contribution < -0.4 is 14.8 Å². The van der Waals surface area contributed by atoms with Crippen molar-refractivity contribution < 1.29 is 74.5 Å². The number of rotatable bonds is 27. The van der Waals surface area contributed by atoms with Gasteiger partial charge < -0.3 is 57.1 Å². The van der Waals surface area contributed by atoms with E-state index in [0.717, 1.165) is 0 Å². The lowest BCUT2D eigenvalue weighted by molar-refractivity contribution is -0.281. The van der Waals surface area contributed by atoms with Crippen LogP contribution in [0.1, 0.15) is 65.1 Å². The molecule has 0 saturated carbocycles. The third-order valence-electron chi connectivity index (χ3n) is 11.9. The zero-order chi connectivity index (χ0) is 54.7. The largest absolute Gasteiger partial charge is 0.497 e. The summed E-state index contributed by atoms with van der Waals surface area (Å²) in [6, 6.07) is 37.5. The van der Waals surface area contributed by atoms with E-state index >= 15 is 0 Å². The number of halogens is 3. The number of benzene rings is 5. The number of nitrogens with zero attached hydrogens (tertiary/aromatic N) is 2. The Hall–Kier alpha value is -6.46. The molecule has 1 heterocycles. The maximum Gasteiger partial charge on any atom is 0.471 e. The van der Waals surface area contributed by atoms with Crippen molar-refractivity contribution in [2.75, 3.05) is 60.4 Å². The lowest BCUT2D eigenvalue weighted by atomic mass is 9.80. The zero-order valence-electron chi connectivity index (χ0n) is 43.1. The minimum Gasteiger partial charge on any atom is -0.497 e. The number of carbonyl (C=O) groups excluding carboxylic acids is 3. The predicted octanol–water partition coefficient (Wildman–Crippen LogP) is 9.57. The molecule has 6 atom stereocenters. The van der Waals surface area contributed by atoms with Gasteiger partial charge in [-0.1, -0.05) is 91.0 Å². The van der Waals surface area contributed by atoms with Crippen molar-refractivity contribution >= 4 is 26.4 Å². The molecule has 0 radical (unpaired) electrons. The van der Waals surface area contributed by atoms with Crippen LogP contribution >= 0.6 is 8.53 Å². The van der Waals surface area contributed by atoms with Crippen LogP contribution in [0.25, 0.3) is 4.85 Å². The third-order valence-corrected chi connectivity index (χ3v) is 14.1. The molecule has 5 aromatic carbocycles. The first kappa shape index (κ1) is 58.8. The fourth-order valence-electron chi connectivity index (χ4n) is 8.53. The summed E-state index contributed by atoms with van der Waals surface area (Å²) in [4.78, 5) is 44.0. The zero-order valence-corrected chi connectivity index (χ0v) is 43.9. The standard InChI is InChI=1S/C56H63F3N3O13P/c1-38(2)62(39(3)4)76(72-32-31-60-5)73-36-34-68-49-47(37-70-51(63)40-17-11-8-12-18-40)74-53(48(61-54(65)56(57,58)59)50(49)75-52(64)41-19-13-9-14-20-41)69-33-35-71-55(42-21-15-10-16-22-42,43-23-27-45(66-6)28-24-43)44-25-29-46(67-7)30-26-44/h8-30,38-39,47-50,53H,31-37H2,1-4,6-7H3,(H,61,65). The molecule has 76 heavy (non-hydrogen) atoms. The molecule has 1 saturated heterocycles. The minimum absolute atomic E-state index is 0.0221. The molecular formula is C56H63F3N3O13P. The van der Waals surface area contributed by atoms with Gasteiger partial charge in [0.2, 0.25) is 6.54 Å². The molecule has 5 aromatic rings. The van der Waals surface area contributed by atoms with E-state index in [1.807, 2.05) is 92.3 Å². The molecule has 20 heteroatoms. The van der Waals surface area contributed by atoms with Gasteiger partial charge in [-0.25, -0.2) is 20.8 Å². The topological polar surface area (TPSA) is 163 Å². The van der Waals surface area contributed by atoms with E-state index in [9.17, 15) is 27.6 Å². The number of hydrogen-bond donors (Lipinski definition) is 1. The Morgan fingerprint density at radius 2 is 1.16 bits per heavy atom. The van der Waals surface area contributed by atoms with Crippen molar-refractivity contribution in [2.24, 2.45) is 0 Å². The highest BCUT2D eigenvalue weighted by Crippen LogP contribution is 2.46. The maximum atomic E-state index is 14.4. The van der Waals surface area contributed by atoms with E-state index in [-0.39, 0.29) is 56.2 Å². The van der Waals surface area contributed by atoms with E-state index in [4.69, 9.17) is 53.5 Å². The van der Waals surface area contributed by atoms with Crippen molar-refractivity contribution in [2.45, 2.75) is 82.2 Å². The Morgan fingerprint density at radius 3 is 1.67 bits per heavy atom. The van der Waals surface area contributed by atoms with Crippen LogP contribution in [0.4, 0.5) is 13.2 Å². The van der Waals surface area contributed by atoms with E-state index < -0.39 is 82.0 Å². The first-order valence-electron chi connectivity index (χ1n) is 24.5. The summed E-state index contributed by atoms with van der Waals surface area (Å²) in [7, 11) is 1.33. The summed E-state index contributed by atoms with van der Waals surface area (Å²) >= 11 is 0. The van der Waals surface area contributed by atoms with Crippen LogP contribution in [0.15, 0.2) is 140 Å². The Morgan fingerprint density at radius 1 is 0.658 bits per heavy atom. The second-order valence-corrected chi connectivity index (χ2v) is 19.1. The Bertz CT molecular complexity index is 2560.